The standard InChI is InChI=1S/2C8H7NO4.Th/c2*9-6-3-4(7(10)11)1-2-5(6)8(12)13;/h2*1-3H,9H2,(H,10,11)(H,12,13);/p-1. The normalized spacial score (nSPS) is 9.19. The molecule has 0 amide bonds. The maximum Gasteiger partial charge on any atom is 0.337 e. The van der Waals surface area contributed by atoms with Crippen LogP contribution in [0.1, 0.15) is 41.4 Å². The maximum absolute atomic E-state index is 10.5. The van der Waals surface area contributed by atoms with Crippen molar-refractivity contribution >= 4 is 35.3 Å². The van der Waals surface area contributed by atoms with Gasteiger partial charge in [-0.2, -0.15) is 0 Å². The molecule has 0 atom stereocenters. The third kappa shape index (κ3) is 6.81. The minimum atomic E-state index is -1.42. The summed E-state index contributed by atoms with van der Waals surface area (Å²) in [6, 6.07) is 6.82. The molecule has 0 aromatic heterocycles. The van der Waals surface area contributed by atoms with Crippen LogP contribution in [0.4, 0.5) is 11.4 Å². The molecule has 2 aromatic rings. The second-order valence-corrected chi connectivity index (χ2v) is 4.81. The smallest absolute Gasteiger partial charge is 0.337 e. The topological polar surface area (TPSA) is 204 Å². The molecule has 140 valence electrons. The van der Waals surface area contributed by atoms with E-state index in [-0.39, 0.29) is 73.6 Å². The zero-order valence-electron chi connectivity index (χ0n) is 13.5. The summed E-state index contributed by atoms with van der Waals surface area (Å²) >= 11 is 0. The zero-order chi connectivity index (χ0) is 20.0. The van der Waals surface area contributed by atoms with Crippen molar-refractivity contribution in [2.75, 3.05) is 11.5 Å². The van der Waals surface area contributed by atoms with Crippen molar-refractivity contribution in [1.29, 1.82) is 0 Å². The molecule has 0 spiro atoms. The molecule has 0 fully saturated rings. The minimum absolute atomic E-state index is 0. The first-order valence-corrected chi connectivity index (χ1v) is 6.74. The molecule has 11 heteroatoms. The van der Waals surface area contributed by atoms with E-state index >= 15 is 0 Å². The minimum Gasteiger partial charge on any atom is -0.545 e. The third-order valence-corrected chi connectivity index (χ3v) is 3.05. The van der Waals surface area contributed by atoms with E-state index in [2.05, 4.69) is 0 Å². The monoisotopic (exact) mass is 593 g/mol. The summed E-state index contributed by atoms with van der Waals surface area (Å²) in [6.07, 6.45) is 0. The SMILES string of the molecule is Nc1cc(C(=O)O)ccc1C(=O)O.Nc1cc(C(=O)O)ccc1C(=O)[O-].[Th]. The van der Waals surface area contributed by atoms with Gasteiger partial charge in [0.25, 0.3) is 0 Å². The predicted octanol–water partition coefficient (Wildman–Crippen LogP) is -0.00430. The first kappa shape index (κ1) is 24.2. The van der Waals surface area contributed by atoms with E-state index in [9.17, 15) is 24.3 Å². The summed E-state index contributed by atoms with van der Waals surface area (Å²) in [5.41, 5.74) is 10.1. The summed E-state index contributed by atoms with van der Waals surface area (Å²) in [6.45, 7) is 0. The van der Waals surface area contributed by atoms with E-state index in [1.54, 1.807) is 0 Å². The van der Waals surface area contributed by atoms with E-state index in [1.165, 1.54) is 12.1 Å². The van der Waals surface area contributed by atoms with Crippen molar-refractivity contribution < 1.29 is 79.5 Å². The van der Waals surface area contributed by atoms with E-state index in [0.29, 0.717) is 0 Å². The molecule has 0 saturated carbocycles. The van der Waals surface area contributed by atoms with Crippen LogP contribution in [-0.2, 0) is 0 Å². The van der Waals surface area contributed by atoms with Crippen molar-refractivity contribution in [2.24, 2.45) is 0 Å². The summed E-state index contributed by atoms with van der Waals surface area (Å²) in [5.74, 6) is -4.89. The van der Waals surface area contributed by atoms with Crippen molar-refractivity contribution in [1.82, 2.24) is 0 Å². The number of hydrogen-bond acceptors (Lipinski definition) is 7. The number of nitrogens with two attached hydrogens (primary N) is 2. The van der Waals surface area contributed by atoms with Crippen LogP contribution in [0.3, 0.4) is 0 Å². The van der Waals surface area contributed by atoms with Crippen molar-refractivity contribution in [3.05, 3.63) is 58.7 Å². The molecule has 0 bridgehead atoms. The molecule has 0 aliphatic carbocycles. The van der Waals surface area contributed by atoms with Gasteiger partial charge in [-0.15, -0.1) is 0 Å². The van der Waals surface area contributed by atoms with Crippen LogP contribution in [0.15, 0.2) is 36.4 Å². The summed E-state index contributed by atoms with van der Waals surface area (Å²) in [5, 5.41) is 36.0. The van der Waals surface area contributed by atoms with Gasteiger partial charge in [0.05, 0.1) is 22.7 Å². The molecule has 7 N–H and O–H groups in total. The Morgan fingerprint density at radius 3 is 1.33 bits per heavy atom. The van der Waals surface area contributed by atoms with Gasteiger partial charge in [0.1, 0.15) is 0 Å². The Kier molecular flexibility index (Phi) is 9.35. The van der Waals surface area contributed by atoms with Crippen LogP contribution < -0.4 is 16.6 Å². The second kappa shape index (κ2) is 10.4. The number of carboxylic acids is 4. The van der Waals surface area contributed by atoms with Gasteiger partial charge in [-0.3, -0.25) is 0 Å². The van der Waals surface area contributed by atoms with Crippen LogP contribution in [-0.4, -0.2) is 39.2 Å². The molecule has 0 aliphatic heterocycles. The number of carbonyl (C=O) groups is 4. The number of hydrogen-bond donors (Lipinski definition) is 5. The molecule has 0 saturated heterocycles. The summed E-state index contributed by atoms with van der Waals surface area (Å²) in [7, 11) is 0. The number of benzene rings is 2. The molecule has 0 aliphatic rings. The van der Waals surface area contributed by atoms with Gasteiger partial charge in [-0.25, -0.2) is 14.4 Å². The van der Waals surface area contributed by atoms with Gasteiger partial charge in [-0.1, -0.05) is 6.07 Å². The maximum atomic E-state index is 10.5. The van der Waals surface area contributed by atoms with Gasteiger partial charge < -0.3 is 36.7 Å². The molecular formula is C16H13N2O8Th-. The third-order valence-electron chi connectivity index (χ3n) is 3.05. The van der Waals surface area contributed by atoms with Crippen molar-refractivity contribution in [3.8, 4) is 0 Å². The van der Waals surface area contributed by atoms with Crippen LogP contribution in [0.25, 0.3) is 0 Å². The Morgan fingerprint density at radius 1 is 0.704 bits per heavy atom. The molecule has 0 heterocycles. The number of anilines is 2. The van der Waals surface area contributed by atoms with Crippen LogP contribution in [0, 0.1) is 39.9 Å². The van der Waals surface area contributed by atoms with Gasteiger partial charge in [0.2, 0.25) is 0 Å². The fourth-order valence-electron chi connectivity index (χ4n) is 1.77. The van der Waals surface area contributed by atoms with E-state index in [0.717, 1.165) is 24.3 Å². The van der Waals surface area contributed by atoms with Crippen LogP contribution >= 0.6 is 0 Å². The Hall–Kier alpha value is -2.76. The molecule has 27 heavy (non-hydrogen) atoms. The molecule has 2 rings (SSSR count). The number of nitrogen functional groups attached to an aromatic ring is 2. The summed E-state index contributed by atoms with van der Waals surface area (Å²) in [4.78, 5) is 41.7. The average Bonchev–Trinajstić information content (AvgIpc) is 2.54. The van der Waals surface area contributed by atoms with E-state index < -0.39 is 23.9 Å². The van der Waals surface area contributed by atoms with Gasteiger partial charge in [0.15, 0.2) is 0 Å². The average molecular weight is 593 g/mol. The van der Waals surface area contributed by atoms with Gasteiger partial charge in [-0.05, 0) is 30.3 Å². The Balaban J connectivity index is 0.000000483. The first-order valence-electron chi connectivity index (χ1n) is 6.74. The molecular weight excluding hydrogens is 580 g/mol. The Bertz CT molecular complexity index is 824. The van der Waals surface area contributed by atoms with E-state index in [1.807, 2.05) is 0 Å². The number of carboxylic acid groups (broad SMARTS) is 4. The molecule has 10 nitrogen and oxygen atoms in total. The fourth-order valence-corrected chi connectivity index (χ4v) is 1.77. The van der Waals surface area contributed by atoms with Crippen LogP contribution in [0.2, 0.25) is 0 Å². The number of carbonyl (C=O) groups excluding carboxylic acids is 1. The van der Waals surface area contributed by atoms with E-state index in [4.69, 9.17) is 26.8 Å². The molecule has 0 unspecified atom stereocenters. The summed E-state index contributed by atoms with van der Waals surface area (Å²) < 4.78 is 0. The van der Waals surface area contributed by atoms with Crippen molar-refractivity contribution in [2.45, 2.75) is 0 Å². The molecule has 2 aromatic carbocycles. The first-order chi connectivity index (χ1) is 12.0. The van der Waals surface area contributed by atoms with Gasteiger partial charge >= 0.3 is 17.9 Å². The number of aromatic carboxylic acids is 4. The Labute approximate surface area is 184 Å². The van der Waals surface area contributed by atoms with Crippen molar-refractivity contribution in [3.63, 3.8) is 0 Å². The zero-order valence-corrected chi connectivity index (χ0v) is 17.6. The van der Waals surface area contributed by atoms with Gasteiger partial charge in [0, 0.05) is 56.9 Å². The fraction of sp³-hybridized carbons (Fsp3) is 0. The second-order valence-electron chi connectivity index (χ2n) is 4.81. The predicted molar refractivity (Wildman–Crippen MR) is 86.9 cm³/mol. The molecule has 0 radical (unpaired) electrons. The quantitative estimate of drug-likeness (QED) is 0.300. The Morgan fingerprint density at radius 2 is 1.07 bits per heavy atom. The number of rotatable bonds is 4. The van der Waals surface area contributed by atoms with Crippen LogP contribution in [0.5, 0.6) is 0 Å². The largest absolute Gasteiger partial charge is 0.545 e.